The summed E-state index contributed by atoms with van der Waals surface area (Å²) in [6.07, 6.45) is 0.978. The van der Waals surface area contributed by atoms with Crippen molar-refractivity contribution in [3.63, 3.8) is 0 Å². The van der Waals surface area contributed by atoms with Crippen LogP contribution >= 0.6 is 0 Å². The van der Waals surface area contributed by atoms with Crippen molar-refractivity contribution in [1.29, 1.82) is 0 Å². The molecule has 0 fully saturated rings. The number of anilines is 1. The summed E-state index contributed by atoms with van der Waals surface area (Å²) >= 11 is 0. The largest absolute Gasteiger partial charge is 0.342 e. The van der Waals surface area contributed by atoms with Crippen LogP contribution in [0.15, 0.2) is 42.5 Å². The van der Waals surface area contributed by atoms with Gasteiger partial charge in [-0.2, -0.15) is 0 Å². The zero-order valence-electron chi connectivity index (χ0n) is 17.0. The molecule has 5 nitrogen and oxygen atoms in total. The molecular formula is C22H28F2N3O2+. The fraction of sp³-hybridized carbons (Fsp3) is 0.364. The Morgan fingerprint density at radius 1 is 1.00 bits per heavy atom. The van der Waals surface area contributed by atoms with E-state index >= 15 is 0 Å². The molecule has 0 saturated heterocycles. The van der Waals surface area contributed by atoms with E-state index in [9.17, 15) is 18.4 Å². The molecule has 2 aromatic rings. The molecule has 0 aliphatic carbocycles. The lowest BCUT2D eigenvalue weighted by molar-refractivity contribution is -0.692. The third kappa shape index (κ3) is 6.94. The highest BCUT2D eigenvalue weighted by atomic mass is 19.2. The summed E-state index contributed by atoms with van der Waals surface area (Å²) in [4.78, 5) is 24.0. The van der Waals surface area contributed by atoms with Crippen LogP contribution in [0.5, 0.6) is 0 Å². The first-order valence-electron chi connectivity index (χ1n) is 9.74. The highest BCUT2D eigenvalue weighted by Gasteiger charge is 2.20. The predicted octanol–water partition coefficient (Wildman–Crippen LogP) is 2.54. The quantitative estimate of drug-likeness (QED) is 0.601. The van der Waals surface area contributed by atoms with Gasteiger partial charge in [0.2, 0.25) is 5.91 Å². The maximum Gasteiger partial charge on any atom is 0.275 e. The molecule has 0 bridgehead atoms. The Bertz CT molecular complexity index is 838. The number of carbonyl (C=O) groups is 2. The zero-order chi connectivity index (χ0) is 21.4. The molecule has 0 saturated carbocycles. The van der Waals surface area contributed by atoms with Crippen LogP contribution < -0.4 is 16.0 Å². The van der Waals surface area contributed by atoms with Crippen molar-refractivity contribution in [3.8, 4) is 0 Å². The van der Waals surface area contributed by atoms with Crippen LogP contribution in [0.1, 0.15) is 37.9 Å². The first-order valence-corrected chi connectivity index (χ1v) is 9.74. The van der Waals surface area contributed by atoms with Gasteiger partial charge in [-0.15, -0.1) is 0 Å². The molecule has 1 atom stereocenters. The predicted molar refractivity (Wildman–Crippen MR) is 108 cm³/mol. The number of aryl methyl sites for hydroxylation is 1. The second-order valence-electron chi connectivity index (χ2n) is 7.26. The van der Waals surface area contributed by atoms with Crippen LogP contribution in [0.4, 0.5) is 14.5 Å². The van der Waals surface area contributed by atoms with E-state index < -0.39 is 17.5 Å². The summed E-state index contributed by atoms with van der Waals surface area (Å²) in [5.74, 6) is -2.50. The van der Waals surface area contributed by atoms with Gasteiger partial charge in [0.25, 0.3) is 5.91 Å². The molecule has 0 aromatic heterocycles. The van der Waals surface area contributed by atoms with E-state index in [1.54, 1.807) is 0 Å². The second-order valence-corrected chi connectivity index (χ2v) is 7.26. The first kappa shape index (κ1) is 22.5. The van der Waals surface area contributed by atoms with Crippen LogP contribution in [0.2, 0.25) is 0 Å². The molecule has 7 heteroatoms. The number of amides is 2. The van der Waals surface area contributed by atoms with E-state index in [-0.39, 0.29) is 30.7 Å². The average molecular weight is 404 g/mol. The maximum absolute atomic E-state index is 13.2. The van der Waals surface area contributed by atoms with Crippen molar-refractivity contribution in [2.24, 2.45) is 5.92 Å². The summed E-state index contributed by atoms with van der Waals surface area (Å²) in [5.41, 5.74) is 2.55. The highest BCUT2D eigenvalue weighted by molar-refractivity contribution is 5.94. The molecule has 2 rings (SSSR count). The van der Waals surface area contributed by atoms with Crippen LogP contribution in [0.25, 0.3) is 0 Å². The van der Waals surface area contributed by atoms with E-state index in [1.807, 2.05) is 5.32 Å². The minimum absolute atomic E-state index is 0.127. The van der Waals surface area contributed by atoms with E-state index in [4.69, 9.17) is 0 Å². The molecule has 0 radical (unpaired) electrons. The fourth-order valence-electron chi connectivity index (χ4n) is 3.03. The van der Waals surface area contributed by atoms with Crippen LogP contribution in [-0.4, -0.2) is 24.9 Å². The summed E-state index contributed by atoms with van der Waals surface area (Å²) in [6.45, 7) is 6.23. The van der Waals surface area contributed by atoms with E-state index in [0.29, 0.717) is 5.92 Å². The van der Waals surface area contributed by atoms with Crippen LogP contribution in [0, 0.1) is 17.6 Å². The van der Waals surface area contributed by atoms with Gasteiger partial charge in [-0.3, -0.25) is 9.59 Å². The highest BCUT2D eigenvalue weighted by Crippen LogP contribution is 2.18. The minimum atomic E-state index is -1.05. The number of halogens is 2. The number of hydrogen-bond acceptors (Lipinski definition) is 2. The molecule has 0 unspecified atom stereocenters. The molecule has 4 N–H and O–H groups in total. The zero-order valence-corrected chi connectivity index (χ0v) is 17.0. The second kappa shape index (κ2) is 10.7. The smallest absolute Gasteiger partial charge is 0.275 e. The Balaban J connectivity index is 1.82. The van der Waals surface area contributed by atoms with E-state index in [0.717, 1.165) is 24.1 Å². The Morgan fingerprint density at radius 2 is 1.69 bits per heavy atom. The number of benzene rings is 2. The maximum atomic E-state index is 13.2. The molecule has 29 heavy (non-hydrogen) atoms. The number of quaternary nitrogens is 1. The number of rotatable bonds is 9. The van der Waals surface area contributed by atoms with Crippen molar-refractivity contribution < 1.29 is 23.7 Å². The van der Waals surface area contributed by atoms with Crippen molar-refractivity contribution >= 4 is 17.5 Å². The molecular weight excluding hydrogens is 376 g/mol. The van der Waals surface area contributed by atoms with Gasteiger partial charge >= 0.3 is 0 Å². The summed E-state index contributed by atoms with van der Waals surface area (Å²) in [6, 6.07) is 11.6. The van der Waals surface area contributed by atoms with Crippen LogP contribution in [-0.2, 0) is 16.0 Å². The van der Waals surface area contributed by atoms with Gasteiger partial charge in [0.1, 0.15) is 6.04 Å². The Labute approximate surface area is 169 Å². The molecule has 0 aliphatic heterocycles. The van der Waals surface area contributed by atoms with Gasteiger partial charge in [-0.1, -0.05) is 45.0 Å². The molecule has 0 heterocycles. The Kier molecular flexibility index (Phi) is 8.27. The van der Waals surface area contributed by atoms with E-state index in [1.165, 1.54) is 11.6 Å². The van der Waals surface area contributed by atoms with Crippen molar-refractivity contribution in [2.75, 3.05) is 18.4 Å². The minimum Gasteiger partial charge on any atom is -0.342 e. The molecule has 2 amide bonds. The van der Waals surface area contributed by atoms with Gasteiger partial charge < -0.3 is 16.0 Å². The van der Waals surface area contributed by atoms with Gasteiger partial charge in [0, 0.05) is 23.2 Å². The molecule has 2 aromatic carbocycles. The summed E-state index contributed by atoms with van der Waals surface area (Å²) < 4.78 is 26.1. The third-order valence-electron chi connectivity index (χ3n) is 4.70. The SMILES string of the molecule is CCc1ccc([C@@H]([NH2+]CC(=O)NCC(=O)Nc2ccc(F)c(F)c2)C(C)C)cc1. The number of carbonyl (C=O) groups excluding carboxylic acids is 2. The lowest BCUT2D eigenvalue weighted by Crippen LogP contribution is -2.88. The lowest BCUT2D eigenvalue weighted by atomic mass is 9.95. The standard InChI is InChI=1S/C22H27F2N3O2/c1-4-15-5-7-16(8-6-15)22(14(2)3)26-12-20(28)25-13-21(29)27-17-9-10-18(23)19(24)11-17/h5-11,14,22,26H,4,12-13H2,1-3H3,(H,25,28)(H,27,29)/p+1/t22-/m0/s1. The Morgan fingerprint density at radius 3 is 2.28 bits per heavy atom. The van der Waals surface area contributed by atoms with Crippen LogP contribution in [0.3, 0.4) is 0 Å². The monoisotopic (exact) mass is 404 g/mol. The topological polar surface area (TPSA) is 74.8 Å². The average Bonchev–Trinajstić information content (AvgIpc) is 2.69. The number of nitrogens with two attached hydrogens (primary N) is 1. The van der Waals surface area contributed by atoms with E-state index in [2.05, 4.69) is 55.7 Å². The number of hydrogen-bond donors (Lipinski definition) is 3. The molecule has 0 spiro atoms. The van der Waals surface area contributed by atoms with Gasteiger partial charge in [0.05, 0.1) is 6.54 Å². The van der Waals surface area contributed by atoms with Gasteiger partial charge in [-0.05, 0) is 24.1 Å². The summed E-state index contributed by atoms with van der Waals surface area (Å²) in [7, 11) is 0. The van der Waals surface area contributed by atoms with Crippen molar-refractivity contribution in [3.05, 3.63) is 65.2 Å². The van der Waals surface area contributed by atoms with Crippen molar-refractivity contribution in [2.45, 2.75) is 33.2 Å². The Hall–Kier alpha value is -2.80. The normalized spacial score (nSPS) is 11.9. The first-order chi connectivity index (χ1) is 13.8. The van der Waals surface area contributed by atoms with Gasteiger partial charge in [-0.25, -0.2) is 8.78 Å². The lowest BCUT2D eigenvalue weighted by Gasteiger charge is -2.19. The molecule has 0 aliphatic rings. The fourth-order valence-corrected chi connectivity index (χ4v) is 3.03. The van der Waals surface area contributed by atoms with Gasteiger partial charge in [0.15, 0.2) is 18.2 Å². The third-order valence-corrected chi connectivity index (χ3v) is 4.70. The van der Waals surface area contributed by atoms with Crippen molar-refractivity contribution in [1.82, 2.24) is 5.32 Å². The molecule has 156 valence electrons. The number of nitrogens with one attached hydrogen (secondary N) is 2. The summed E-state index contributed by atoms with van der Waals surface area (Å²) in [5, 5.41) is 6.91.